The third kappa shape index (κ3) is 9.65. The Kier molecular flexibility index (Phi) is 13.5. The predicted molar refractivity (Wildman–Crippen MR) is 165 cm³/mol. The van der Waals surface area contributed by atoms with Crippen molar-refractivity contribution in [1.29, 1.82) is 0 Å². The minimum absolute atomic E-state index is 0.0561. The van der Waals surface area contributed by atoms with Crippen LogP contribution in [-0.4, -0.2) is 64.8 Å². The molecule has 3 aromatic rings. The number of hydrogen-bond donors (Lipinski definition) is 2. The van der Waals surface area contributed by atoms with Crippen LogP contribution in [0.5, 0.6) is 0 Å². The molecule has 44 heavy (non-hydrogen) atoms. The molecule has 1 unspecified atom stereocenters. The van der Waals surface area contributed by atoms with Gasteiger partial charge in [0.15, 0.2) is 0 Å². The van der Waals surface area contributed by atoms with Crippen LogP contribution in [0.15, 0.2) is 84.9 Å². The number of carbonyl (C=O) groups is 4. The summed E-state index contributed by atoms with van der Waals surface area (Å²) in [6.07, 6.45) is 0.814. The molecule has 0 fully saturated rings. The number of non-ortho nitro benzene ring substituents is 1. The number of nitro benzene ring substituents is 1. The normalized spacial score (nSPS) is 12.3. The third-order valence-electron chi connectivity index (χ3n) is 7.29. The van der Waals surface area contributed by atoms with Gasteiger partial charge in [0.2, 0.25) is 0 Å². The van der Waals surface area contributed by atoms with E-state index in [1.54, 1.807) is 0 Å². The number of rotatable bonds is 13. The summed E-state index contributed by atoms with van der Waals surface area (Å²) in [7, 11) is 4.14. The molecule has 0 saturated carbocycles. The number of nitrogens with two attached hydrogens (primary N) is 1. The van der Waals surface area contributed by atoms with E-state index in [2.05, 4.69) is 54.9 Å². The van der Waals surface area contributed by atoms with Crippen molar-refractivity contribution in [3.63, 3.8) is 0 Å². The van der Waals surface area contributed by atoms with Gasteiger partial charge >= 0.3 is 17.9 Å². The Morgan fingerprint density at radius 1 is 0.932 bits per heavy atom. The minimum atomic E-state index is -1.23. The van der Waals surface area contributed by atoms with E-state index in [-0.39, 0.29) is 29.9 Å². The molecule has 0 radical (unpaired) electrons. The van der Waals surface area contributed by atoms with Gasteiger partial charge in [-0.3, -0.25) is 19.7 Å². The number of carbonyl (C=O) groups excluding carboxylic acids is 3. The molecule has 2 atom stereocenters. The van der Waals surface area contributed by atoms with Crippen molar-refractivity contribution in [2.24, 2.45) is 5.73 Å². The maximum absolute atomic E-state index is 13.2. The lowest BCUT2D eigenvalue weighted by molar-refractivity contribution is -0.384. The first-order valence-electron chi connectivity index (χ1n) is 14.1. The molecule has 11 nitrogen and oxygen atoms in total. The predicted octanol–water partition coefficient (Wildman–Crippen LogP) is 4.76. The fourth-order valence-electron chi connectivity index (χ4n) is 4.55. The number of nitro groups is 1. The van der Waals surface area contributed by atoms with Gasteiger partial charge in [-0.25, -0.2) is 9.59 Å². The van der Waals surface area contributed by atoms with Crippen LogP contribution in [0, 0.1) is 10.1 Å². The number of esters is 2. The second-order valence-corrected chi connectivity index (χ2v) is 10.5. The van der Waals surface area contributed by atoms with Crippen LogP contribution in [0.2, 0.25) is 0 Å². The molecule has 0 spiro atoms. The number of carboxylic acid groups (broad SMARTS) is 1. The molecule has 0 aromatic heterocycles. The van der Waals surface area contributed by atoms with Crippen LogP contribution in [0.25, 0.3) is 0 Å². The summed E-state index contributed by atoms with van der Waals surface area (Å²) in [5, 5.41) is 18.9. The van der Waals surface area contributed by atoms with Crippen LogP contribution in [-0.2, 0) is 24.5 Å². The monoisotopic (exact) mass is 605 g/mol. The number of ketones is 1. The zero-order valence-electron chi connectivity index (χ0n) is 25.3. The third-order valence-corrected chi connectivity index (χ3v) is 7.29. The van der Waals surface area contributed by atoms with Crippen molar-refractivity contribution < 1.29 is 33.9 Å². The van der Waals surface area contributed by atoms with Crippen molar-refractivity contribution in [3.8, 4) is 0 Å². The van der Waals surface area contributed by atoms with E-state index >= 15 is 0 Å². The van der Waals surface area contributed by atoms with Crippen molar-refractivity contribution in [2.75, 3.05) is 14.1 Å². The molecular formula is C33H39N3O8. The average Bonchev–Trinajstić information content (AvgIpc) is 3.02. The van der Waals surface area contributed by atoms with Gasteiger partial charge in [0, 0.05) is 31.0 Å². The standard InChI is InChI=1S/C21H27NO.C12H12N2O7/c1-5-20(23)21(16-17(2)22(3)4,18-12-8-6-9-13-18)19-14-10-7-11-15-19;13-9(5-6-10(15)16)12(18)21-11(17)7-1-3-8(4-2-7)14(19)20/h6-15,17H,5,16H2,1-4H3;1-4,9H,5-6,13H2,(H,15,16)/t17-;/m0./s1. The second-order valence-electron chi connectivity index (χ2n) is 10.5. The van der Waals surface area contributed by atoms with Gasteiger partial charge in [0.25, 0.3) is 5.69 Å². The molecule has 3 aromatic carbocycles. The molecule has 11 heteroatoms. The van der Waals surface area contributed by atoms with E-state index in [4.69, 9.17) is 10.8 Å². The number of carboxylic acids is 1. The average molecular weight is 606 g/mol. The molecule has 0 amide bonds. The van der Waals surface area contributed by atoms with Gasteiger partial charge in [0.1, 0.15) is 11.8 Å². The van der Waals surface area contributed by atoms with Crippen molar-refractivity contribution >= 4 is 29.4 Å². The lowest BCUT2D eigenvalue weighted by Gasteiger charge is -2.37. The highest BCUT2D eigenvalue weighted by atomic mass is 16.6. The number of Topliss-reactive ketones (excluding diaryl/α,β-unsaturated/α-hetero) is 1. The van der Waals surface area contributed by atoms with E-state index in [0.29, 0.717) is 12.5 Å². The van der Waals surface area contributed by atoms with Gasteiger partial charge in [-0.1, -0.05) is 67.6 Å². The van der Waals surface area contributed by atoms with Gasteiger partial charge in [-0.2, -0.15) is 0 Å². The zero-order chi connectivity index (χ0) is 32.9. The lowest BCUT2D eigenvalue weighted by Crippen LogP contribution is -2.42. The molecule has 0 heterocycles. The molecule has 0 aliphatic heterocycles. The summed E-state index contributed by atoms with van der Waals surface area (Å²) in [4.78, 5) is 58.5. The van der Waals surface area contributed by atoms with Gasteiger partial charge in [-0.15, -0.1) is 0 Å². The highest BCUT2D eigenvalue weighted by Gasteiger charge is 2.41. The SMILES string of the molecule is CCC(=O)C(C[C@H](C)N(C)C)(c1ccccc1)c1ccccc1.NC(CCC(=O)O)C(=O)OC(=O)c1ccc([N+](=O)[O-])cc1. The summed E-state index contributed by atoms with van der Waals surface area (Å²) in [5.74, 6) is -2.91. The van der Waals surface area contributed by atoms with Gasteiger partial charge in [0.05, 0.1) is 15.9 Å². The highest BCUT2D eigenvalue weighted by Crippen LogP contribution is 2.39. The quantitative estimate of drug-likeness (QED) is 0.120. The fourth-order valence-corrected chi connectivity index (χ4v) is 4.55. The lowest BCUT2D eigenvalue weighted by atomic mass is 9.67. The molecule has 234 valence electrons. The first kappa shape index (κ1) is 35.5. The van der Waals surface area contributed by atoms with Crippen LogP contribution in [0.4, 0.5) is 5.69 Å². The molecule has 0 saturated heterocycles. The van der Waals surface area contributed by atoms with Crippen LogP contribution >= 0.6 is 0 Å². The van der Waals surface area contributed by atoms with E-state index in [9.17, 15) is 29.3 Å². The Bertz CT molecular complexity index is 1370. The minimum Gasteiger partial charge on any atom is -0.481 e. The Hall–Kier alpha value is -4.74. The second kappa shape index (κ2) is 16.8. The van der Waals surface area contributed by atoms with E-state index in [0.717, 1.165) is 41.8 Å². The first-order valence-corrected chi connectivity index (χ1v) is 14.1. The zero-order valence-corrected chi connectivity index (χ0v) is 25.3. The summed E-state index contributed by atoms with van der Waals surface area (Å²) in [5.41, 5.74) is 6.70. The molecule has 3 N–H and O–H groups in total. The number of nitrogens with zero attached hydrogens (tertiary/aromatic N) is 2. The first-order chi connectivity index (χ1) is 20.8. The van der Waals surface area contributed by atoms with Crippen LogP contribution < -0.4 is 5.73 Å². The summed E-state index contributed by atoms with van der Waals surface area (Å²) < 4.78 is 4.47. The number of ether oxygens (including phenoxy) is 1. The number of aliphatic carboxylic acids is 1. The summed E-state index contributed by atoms with van der Waals surface area (Å²) in [6, 6.07) is 24.0. The molecule has 0 bridgehead atoms. The Morgan fingerprint density at radius 3 is 1.84 bits per heavy atom. The maximum atomic E-state index is 13.2. The highest BCUT2D eigenvalue weighted by molar-refractivity contribution is 5.98. The van der Waals surface area contributed by atoms with Crippen molar-refractivity contribution in [1.82, 2.24) is 4.90 Å². The van der Waals surface area contributed by atoms with Gasteiger partial charge in [-0.05, 0) is 57.1 Å². The Labute approximate surface area is 256 Å². The molecule has 0 aliphatic carbocycles. The molecular weight excluding hydrogens is 566 g/mol. The van der Waals surface area contributed by atoms with Crippen LogP contribution in [0.3, 0.4) is 0 Å². The Balaban J connectivity index is 0.000000308. The van der Waals surface area contributed by atoms with Crippen molar-refractivity contribution in [3.05, 3.63) is 112 Å². The van der Waals surface area contributed by atoms with Crippen LogP contribution in [0.1, 0.15) is 61.0 Å². The number of benzene rings is 3. The topological polar surface area (TPSA) is 170 Å². The summed E-state index contributed by atoms with van der Waals surface area (Å²) in [6.45, 7) is 4.15. The van der Waals surface area contributed by atoms with E-state index < -0.39 is 34.3 Å². The van der Waals surface area contributed by atoms with E-state index in [1.807, 2.05) is 43.3 Å². The largest absolute Gasteiger partial charge is 0.481 e. The maximum Gasteiger partial charge on any atom is 0.345 e. The molecule has 3 rings (SSSR count). The molecule has 0 aliphatic rings. The van der Waals surface area contributed by atoms with Gasteiger partial charge < -0.3 is 20.5 Å². The van der Waals surface area contributed by atoms with E-state index in [1.165, 1.54) is 0 Å². The van der Waals surface area contributed by atoms with Crippen molar-refractivity contribution in [2.45, 2.75) is 57.0 Å². The smallest absolute Gasteiger partial charge is 0.345 e. The Morgan fingerprint density at radius 2 is 1.43 bits per heavy atom. The fraction of sp³-hybridized carbons (Fsp3) is 0.333. The summed E-state index contributed by atoms with van der Waals surface area (Å²) >= 11 is 0. The number of hydrogen-bond acceptors (Lipinski definition) is 9.